The molecule has 0 saturated carbocycles. The first-order chi connectivity index (χ1) is 13.4. The van der Waals surface area contributed by atoms with E-state index in [9.17, 15) is 8.42 Å². The van der Waals surface area contributed by atoms with Crippen molar-refractivity contribution >= 4 is 21.8 Å². The molecule has 0 saturated heterocycles. The molecule has 7 heteroatoms. The summed E-state index contributed by atoms with van der Waals surface area (Å²) in [7, 11) is -2.30. The topological polar surface area (TPSA) is 72.6 Å². The number of aromatic nitrogens is 1. The number of rotatable bonds is 7. The van der Waals surface area contributed by atoms with E-state index in [2.05, 4.69) is 5.16 Å². The number of para-hydroxylation sites is 2. The van der Waals surface area contributed by atoms with Crippen LogP contribution >= 0.6 is 0 Å². The quantitative estimate of drug-likeness (QED) is 0.593. The minimum atomic E-state index is -3.81. The molecule has 3 rings (SSSR count). The lowest BCUT2D eigenvalue weighted by Gasteiger charge is -2.24. The van der Waals surface area contributed by atoms with Crippen molar-refractivity contribution in [2.75, 3.05) is 11.4 Å². The fourth-order valence-corrected chi connectivity index (χ4v) is 4.03. The molecule has 0 spiro atoms. The van der Waals surface area contributed by atoms with Gasteiger partial charge in [0, 0.05) is 5.56 Å². The van der Waals surface area contributed by atoms with Gasteiger partial charge < -0.3 is 9.26 Å². The summed E-state index contributed by atoms with van der Waals surface area (Å²) in [6.07, 6.45) is 1.57. The lowest BCUT2D eigenvalue weighted by atomic mass is 10.2. The molecule has 146 valence electrons. The predicted molar refractivity (Wildman–Crippen MR) is 110 cm³/mol. The third-order valence-corrected chi connectivity index (χ3v) is 5.80. The largest absolute Gasteiger partial charge is 0.495 e. The van der Waals surface area contributed by atoms with Crippen molar-refractivity contribution in [3.8, 4) is 5.75 Å². The van der Waals surface area contributed by atoms with Gasteiger partial charge in [0.2, 0.25) is 0 Å². The molecule has 3 aromatic rings. The van der Waals surface area contributed by atoms with Gasteiger partial charge in [-0.05, 0) is 37.6 Å². The molecule has 0 aliphatic rings. The second-order valence-electron chi connectivity index (χ2n) is 6.24. The molecule has 0 N–H and O–H groups in total. The lowest BCUT2D eigenvalue weighted by molar-refractivity contribution is 0.392. The van der Waals surface area contributed by atoms with Gasteiger partial charge in [0.15, 0.2) is 0 Å². The average Bonchev–Trinajstić information content (AvgIpc) is 3.03. The zero-order valence-corrected chi connectivity index (χ0v) is 16.8. The summed E-state index contributed by atoms with van der Waals surface area (Å²) >= 11 is 0. The molecule has 2 aromatic carbocycles. The Bertz CT molecular complexity index is 1050. The molecule has 1 aromatic heterocycles. The van der Waals surface area contributed by atoms with Crippen LogP contribution in [0.25, 0.3) is 6.08 Å². The highest BCUT2D eigenvalue weighted by atomic mass is 32.2. The zero-order valence-electron chi connectivity index (χ0n) is 16.0. The Kier molecular flexibility index (Phi) is 5.84. The number of sulfonamides is 1. The van der Waals surface area contributed by atoms with Crippen LogP contribution in [0.3, 0.4) is 0 Å². The van der Waals surface area contributed by atoms with Crippen molar-refractivity contribution in [1.29, 1.82) is 0 Å². The minimum absolute atomic E-state index is 0.0863. The third kappa shape index (κ3) is 4.26. The maximum absolute atomic E-state index is 13.3. The van der Waals surface area contributed by atoms with Crippen molar-refractivity contribution in [2.45, 2.75) is 20.4 Å². The number of benzene rings is 2. The molecule has 0 aliphatic carbocycles. The molecule has 0 unspecified atom stereocenters. The van der Waals surface area contributed by atoms with E-state index < -0.39 is 10.0 Å². The van der Waals surface area contributed by atoms with Crippen LogP contribution < -0.4 is 9.04 Å². The summed E-state index contributed by atoms with van der Waals surface area (Å²) in [6.45, 7) is 3.64. The van der Waals surface area contributed by atoms with Crippen molar-refractivity contribution in [1.82, 2.24) is 5.16 Å². The first-order valence-corrected chi connectivity index (χ1v) is 10.2. The predicted octanol–water partition coefficient (Wildman–Crippen LogP) is 4.31. The van der Waals surface area contributed by atoms with Crippen LogP contribution in [-0.4, -0.2) is 20.7 Å². The average molecular weight is 398 g/mol. The van der Waals surface area contributed by atoms with Crippen molar-refractivity contribution < 1.29 is 17.7 Å². The number of ether oxygens (including phenoxy) is 1. The summed E-state index contributed by atoms with van der Waals surface area (Å²) in [6, 6.07) is 16.3. The van der Waals surface area contributed by atoms with Gasteiger partial charge in [-0.3, -0.25) is 4.31 Å². The number of methoxy groups -OCH3 is 1. The van der Waals surface area contributed by atoms with Crippen LogP contribution in [-0.2, 0) is 16.6 Å². The summed E-state index contributed by atoms with van der Waals surface area (Å²) in [5, 5.41) is 5.14. The van der Waals surface area contributed by atoms with E-state index in [0.29, 0.717) is 22.9 Å². The molecule has 0 bridgehead atoms. The fourth-order valence-electron chi connectivity index (χ4n) is 2.82. The van der Waals surface area contributed by atoms with Gasteiger partial charge in [0.05, 0.1) is 30.4 Å². The normalized spacial score (nSPS) is 11.7. The molecule has 28 heavy (non-hydrogen) atoms. The number of nitrogens with zero attached hydrogens (tertiary/aromatic N) is 2. The smallest absolute Gasteiger partial charge is 0.257 e. The van der Waals surface area contributed by atoms with Crippen molar-refractivity contribution in [3.63, 3.8) is 0 Å². The SMILES string of the molecule is COc1ccccc1N(Cc1c(C)noc1C)S(=O)(=O)/C=C/c1ccccc1. The van der Waals surface area contributed by atoms with E-state index >= 15 is 0 Å². The fraction of sp³-hybridized carbons (Fsp3) is 0.190. The van der Waals surface area contributed by atoms with Gasteiger partial charge >= 0.3 is 0 Å². The Morgan fingerprint density at radius 3 is 2.39 bits per heavy atom. The highest BCUT2D eigenvalue weighted by Crippen LogP contribution is 2.32. The van der Waals surface area contributed by atoms with Crippen LogP contribution in [0.15, 0.2) is 64.5 Å². The molecular formula is C21H22N2O4S. The maximum Gasteiger partial charge on any atom is 0.257 e. The summed E-state index contributed by atoms with van der Waals surface area (Å²) < 4.78 is 38.4. The molecule has 0 fully saturated rings. The Balaban J connectivity index is 2.06. The van der Waals surface area contributed by atoms with Gasteiger partial charge in [-0.25, -0.2) is 8.42 Å². The van der Waals surface area contributed by atoms with Gasteiger partial charge in [0.25, 0.3) is 10.0 Å². The van der Waals surface area contributed by atoms with Crippen LogP contribution in [0.2, 0.25) is 0 Å². The molecule has 1 heterocycles. The van der Waals surface area contributed by atoms with Crippen molar-refractivity contribution in [2.24, 2.45) is 0 Å². The molecule has 0 aliphatic heterocycles. The van der Waals surface area contributed by atoms with Gasteiger partial charge in [-0.2, -0.15) is 0 Å². The Morgan fingerprint density at radius 2 is 1.75 bits per heavy atom. The van der Waals surface area contributed by atoms with Crippen LogP contribution in [0, 0.1) is 13.8 Å². The van der Waals surface area contributed by atoms with E-state index in [1.54, 1.807) is 44.2 Å². The van der Waals surface area contributed by atoms with E-state index in [-0.39, 0.29) is 6.54 Å². The summed E-state index contributed by atoms with van der Waals surface area (Å²) in [5.41, 5.74) is 2.62. The first kappa shape index (κ1) is 19.7. The summed E-state index contributed by atoms with van der Waals surface area (Å²) in [5.74, 6) is 1.05. The lowest BCUT2D eigenvalue weighted by Crippen LogP contribution is -2.29. The second-order valence-corrected chi connectivity index (χ2v) is 7.98. The van der Waals surface area contributed by atoms with Gasteiger partial charge in [-0.15, -0.1) is 0 Å². The van der Waals surface area contributed by atoms with Crippen LogP contribution in [0.5, 0.6) is 5.75 Å². The number of hydrogen-bond donors (Lipinski definition) is 0. The number of aryl methyl sites for hydroxylation is 2. The molecular weight excluding hydrogens is 376 g/mol. The standard InChI is InChI=1S/C21H22N2O4S/c1-16-19(17(2)27-22-16)15-23(20-11-7-8-12-21(20)26-3)28(24,25)14-13-18-9-5-4-6-10-18/h4-14H,15H2,1-3H3/b14-13+. The van der Waals surface area contributed by atoms with Crippen LogP contribution in [0.1, 0.15) is 22.6 Å². The van der Waals surface area contributed by atoms with E-state index in [4.69, 9.17) is 9.26 Å². The van der Waals surface area contributed by atoms with Gasteiger partial charge in [0.1, 0.15) is 11.5 Å². The van der Waals surface area contributed by atoms with E-state index in [0.717, 1.165) is 11.1 Å². The molecule has 6 nitrogen and oxygen atoms in total. The van der Waals surface area contributed by atoms with Crippen LogP contribution in [0.4, 0.5) is 5.69 Å². The van der Waals surface area contributed by atoms with Gasteiger partial charge in [-0.1, -0.05) is 47.6 Å². The molecule has 0 amide bonds. The number of hydrogen-bond acceptors (Lipinski definition) is 5. The van der Waals surface area contributed by atoms with E-state index in [1.807, 2.05) is 30.3 Å². The Morgan fingerprint density at radius 1 is 1.07 bits per heavy atom. The third-order valence-electron chi connectivity index (χ3n) is 4.38. The monoisotopic (exact) mass is 398 g/mol. The highest BCUT2D eigenvalue weighted by molar-refractivity contribution is 7.95. The Hall–Kier alpha value is -3.06. The van der Waals surface area contributed by atoms with E-state index in [1.165, 1.54) is 16.8 Å². The Labute approximate surface area is 165 Å². The highest BCUT2D eigenvalue weighted by Gasteiger charge is 2.26. The number of anilines is 1. The summed E-state index contributed by atoms with van der Waals surface area (Å²) in [4.78, 5) is 0. The molecule has 0 radical (unpaired) electrons. The minimum Gasteiger partial charge on any atom is -0.495 e. The second kappa shape index (κ2) is 8.31. The zero-order chi connectivity index (χ0) is 20.1. The first-order valence-electron chi connectivity index (χ1n) is 8.73. The maximum atomic E-state index is 13.3. The van der Waals surface area contributed by atoms with Crippen molar-refractivity contribution in [3.05, 3.63) is 82.6 Å². The molecule has 0 atom stereocenters.